The Kier molecular flexibility index (Phi) is 4.42. The van der Waals surface area contributed by atoms with Gasteiger partial charge >= 0.3 is 0 Å². The number of para-hydroxylation sites is 1. The Bertz CT molecular complexity index is 883. The van der Waals surface area contributed by atoms with Gasteiger partial charge < -0.3 is 19.8 Å². The molecule has 0 fully saturated rings. The number of hydrogen-bond acceptors (Lipinski definition) is 3. The molecular weight excluding hydrogens is 304 g/mol. The molecule has 0 unspecified atom stereocenters. The zero-order valence-electron chi connectivity index (χ0n) is 14.0. The van der Waals surface area contributed by atoms with E-state index in [1.807, 2.05) is 49.4 Å². The van der Waals surface area contributed by atoms with Crippen LogP contribution < -0.4 is 14.8 Å². The molecule has 0 saturated heterocycles. The number of carbonyl (C=O) groups is 1. The molecule has 2 aromatic carbocycles. The third-order valence-corrected chi connectivity index (χ3v) is 3.95. The van der Waals surface area contributed by atoms with E-state index in [0.717, 1.165) is 22.0 Å². The van der Waals surface area contributed by atoms with E-state index >= 15 is 0 Å². The van der Waals surface area contributed by atoms with Crippen molar-refractivity contribution in [2.75, 3.05) is 14.2 Å². The number of ether oxygens (including phenoxy) is 2. The third kappa shape index (κ3) is 3.06. The number of methoxy groups -OCH3 is 2. The molecule has 0 radical (unpaired) electrons. The number of carbonyl (C=O) groups excluding carboxylic acids is 1. The van der Waals surface area contributed by atoms with E-state index in [-0.39, 0.29) is 5.91 Å². The highest BCUT2D eigenvalue weighted by atomic mass is 16.5. The molecule has 24 heavy (non-hydrogen) atoms. The second-order valence-corrected chi connectivity index (χ2v) is 5.61. The van der Waals surface area contributed by atoms with Crippen LogP contribution in [0.15, 0.2) is 42.5 Å². The van der Waals surface area contributed by atoms with Crippen LogP contribution in [0.5, 0.6) is 11.5 Å². The lowest BCUT2D eigenvalue weighted by molar-refractivity contribution is 0.0946. The zero-order chi connectivity index (χ0) is 17.1. The monoisotopic (exact) mass is 324 g/mol. The first-order chi connectivity index (χ1) is 11.6. The Morgan fingerprint density at radius 2 is 1.96 bits per heavy atom. The van der Waals surface area contributed by atoms with E-state index in [1.165, 1.54) is 0 Å². The first-order valence-electron chi connectivity index (χ1n) is 7.70. The minimum atomic E-state index is -0.159. The van der Waals surface area contributed by atoms with Crippen molar-refractivity contribution in [3.05, 3.63) is 59.3 Å². The predicted octanol–water partition coefficient (Wildman–Crippen LogP) is 3.42. The van der Waals surface area contributed by atoms with Gasteiger partial charge in [0.2, 0.25) is 0 Å². The smallest absolute Gasteiger partial charge is 0.267 e. The van der Waals surface area contributed by atoms with Crippen molar-refractivity contribution >= 4 is 16.8 Å². The molecule has 0 aliphatic carbocycles. The summed E-state index contributed by atoms with van der Waals surface area (Å²) >= 11 is 0. The van der Waals surface area contributed by atoms with Gasteiger partial charge in [-0.2, -0.15) is 0 Å². The fourth-order valence-corrected chi connectivity index (χ4v) is 2.73. The minimum Gasteiger partial charge on any atom is -0.493 e. The normalized spacial score (nSPS) is 10.6. The van der Waals surface area contributed by atoms with E-state index in [0.29, 0.717) is 23.7 Å². The summed E-state index contributed by atoms with van der Waals surface area (Å²) in [6, 6.07) is 13.5. The minimum absolute atomic E-state index is 0.159. The second-order valence-electron chi connectivity index (χ2n) is 5.61. The Morgan fingerprint density at radius 1 is 1.12 bits per heavy atom. The quantitative estimate of drug-likeness (QED) is 0.756. The first-order valence-corrected chi connectivity index (χ1v) is 7.70. The number of aromatic nitrogens is 1. The van der Waals surface area contributed by atoms with Gasteiger partial charge in [-0.3, -0.25) is 4.79 Å². The maximum atomic E-state index is 12.4. The number of aromatic amines is 1. The Labute approximate surface area is 140 Å². The van der Waals surface area contributed by atoms with E-state index in [9.17, 15) is 4.79 Å². The van der Waals surface area contributed by atoms with Crippen LogP contribution in [0.25, 0.3) is 10.9 Å². The number of rotatable bonds is 5. The molecule has 0 bridgehead atoms. The van der Waals surface area contributed by atoms with Crippen molar-refractivity contribution in [1.29, 1.82) is 0 Å². The molecule has 5 nitrogen and oxygen atoms in total. The van der Waals surface area contributed by atoms with E-state index in [4.69, 9.17) is 9.47 Å². The Hall–Kier alpha value is -2.95. The highest BCUT2D eigenvalue weighted by molar-refractivity contribution is 5.98. The van der Waals surface area contributed by atoms with Crippen molar-refractivity contribution in [3.8, 4) is 11.5 Å². The third-order valence-electron chi connectivity index (χ3n) is 3.95. The van der Waals surface area contributed by atoms with Gasteiger partial charge in [0.1, 0.15) is 5.69 Å². The molecule has 0 saturated carbocycles. The number of hydrogen-bond donors (Lipinski definition) is 2. The molecule has 0 aliphatic rings. The molecule has 0 aliphatic heterocycles. The molecule has 1 heterocycles. The number of fused-ring (bicyclic) bond motifs is 1. The van der Waals surface area contributed by atoms with Crippen LogP contribution in [0.2, 0.25) is 0 Å². The van der Waals surface area contributed by atoms with Crippen molar-refractivity contribution in [3.63, 3.8) is 0 Å². The molecule has 3 aromatic rings. The molecular formula is C19H20N2O3. The van der Waals surface area contributed by atoms with E-state index < -0.39 is 0 Å². The molecule has 0 atom stereocenters. The predicted molar refractivity (Wildman–Crippen MR) is 93.8 cm³/mol. The van der Waals surface area contributed by atoms with Crippen LogP contribution in [0.1, 0.15) is 21.6 Å². The van der Waals surface area contributed by atoms with Crippen LogP contribution in [-0.2, 0) is 6.54 Å². The molecule has 2 N–H and O–H groups in total. The number of H-pyrrole nitrogens is 1. The van der Waals surface area contributed by atoms with Crippen LogP contribution in [0, 0.1) is 6.92 Å². The molecule has 3 rings (SSSR count). The van der Waals surface area contributed by atoms with Crippen LogP contribution in [0.4, 0.5) is 0 Å². The van der Waals surface area contributed by atoms with Gasteiger partial charge in [0.25, 0.3) is 5.91 Å². The van der Waals surface area contributed by atoms with Gasteiger partial charge in [-0.25, -0.2) is 0 Å². The topological polar surface area (TPSA) is 63.3 Å². The highest BCUT2D eigenvalue weighted by Gasteiger charge is 2.13. The fourth-order valence-electron chi connectivity index (χ4n) is 2.73. The van der Waals surface area contributed by atoms with Crippen LogP contribution in [-0.4, -0.2) is 25.1 Å². The maximum absolute atomic E-state index is 12.4. The Balaban J connectivity index is 1.77. The van der Waals surface area contributed by atoms with Gasteiger partial charge in [0, 0.05) is 23.0 Å². The lowest BCUT2D eigenvalue weighted by Gasteiger charge is -2.12. The lowest BCUT2D eigenvalue weighted by Crippen LogP contribution is -2.23. The van der Waals surface area contributed by atoms with E-state index in [1.54, 1.807) is 14.2 Å². The summed E-state index contributed by atoms with van der Waals surface area (Å²) < 4.78 is 10.7. The number of nitrogens with one attached hydrogen (secondary N) is 2. The van der Waals surface area contributed by atoms with Gasteiger partial charge in [0.05, 0.1) is 14.2 Å². The van der Waals surface area contributed by atoms with Gasteiger partial charge in [-0.15, -0.1) is 0 Å². The van der Waals surface area contributed by atoms with Gasteiger partial charge in [0.15, 0.2) is 11.5 Å². The number of benzene rings is 2. The highest BCUT2D eigenvalue weighted by Crippen LogP contribution is 2.30. The van der Waals surface area contributed by atoms with Gasteiger partial charge in [-0.1, -0.05) is 24.3 Å². The van der Waals surface area contributed by atoms with Crippen molar-refractivity contribution < 1.29 is 14.3 Å². The van der Waals surface area contributed by atoms with Crippen LogP contribution >= 0.6 is 0 Å². The summed E-state index contributed by atoms with van der Waals surface area (Å²) in [7, 11) is 3.18. The van der Waals surface area contributed by atoms with E-state index in [2.05, 4.69) is 10.3 Å². The summed E-state index contributed by atoms with van der Waals surface area (Å²) in [4.78, 5) is 15.6. The summed E-state index contributed by atoms with van der Waals surface area (Å²) in [5, 5.41) is 3.93. The lowest BCUT2D eigenvalue weighted by atomic mass is 10.1. The number of aryl methyl sites for hydroxylation is 1. The summed E-state index contributed by atoms with van der Waals surface area (Å²) in [6.45, 7) is 2.38. The first kappa shape index (κ1) is 15.9. The average molecular weight is 324 g/mol. The SMILES string of the molecule is COc1cccc(CNC(=O)c2cc3ccc(C)cc3[nH]2)c1OC. The Morgan fingerprint density at radius 3 is 2.71 bits per heavy atom. The molecule has 1 aromatic heterocycles. The van der Waals surface area contributed by atoms with Crippen molar-refractivity contribution in [2.45, 2.75) is 13.5 Å². The van der Waals surface area contributed by atoms with Crippen molar-refractivity contribution in [2.24, 2.45) is 0 Å². The maximum Gasteiger partial charge on any atom is 0.267 e. The standard InChI is InChI=1S/C19H20N2O3/c1-12-7-8-13-10-16(21-15(13)9-12)19(22)20-11-14-5-4-6-17(23-2)18(14)24-3/h4-10,21H,11H2,1-3H3,(H,20,22). The molecule has 0 spiro atoms. The molecule has 5 heteroatoms. The average Bonchev–Trinajstić information content (AvgIpc) is 3.02. The van der Waals surface area contributed by atoms with Crippen molar-refractivity contribution in [1.82, 2.24) is 10.3 Å². The zero-order valence-corrected chi connectivity index (χ0v) is 14.0. The van der Waals surface area contributed by atoms with Crippen LogP contribution in [0.3, 0.4) is 0 Å². The summed E-state index contributed by atoms with van der Waals surface area (Å²) in [5.41, 5.74) is 3.51. The second kappa shape index (κ2) is 6.66. The van der Waals surface area contributed by atoms with Gasteiger partial charge in [-0.05, 0) is 30.7 Å². The largest absolute Gasteiger partial charge is 0.493 e. The summed E-state index contributed by atoms with van der Waals surface area (Å²) in [6.07, 6.45) is 0. The fraction of sp³-hybridized carbons (Fsp3) is 0.211. The molecule has 124 valence electrons. The number of amides is 1. The molecule has 1 amide bonds. The summed E-state index contributed by atoms with van der Waals surface area (Å²) in [5.74, 6) is 1.12.